The number of phosphoric acid groups is 2. The van der Waals surface area contributed by atoms with E-state index in [1.54, 1.807) is 0 Å². The van der Waals surface area contributed by atoms with Crippen molar-refractivity contribution in [1.82, 2.24) is 0 Å². The summed E-state index contributed by atoms with van der Waals surface area (Å²) >= 11 is 0. The van der Waals surface area contributed by atoms with Crippen LogP contribution < -0.4 is 0 Å². The quantitative estimate of drug-likeness (QED) is 0.0146. The third-order valence-electron chi connectivity index (χ3n) is 20.4. The van der Waals surface area contributed by atoms with Gasteiger partial charge in [0.15, 0.2) is 6.10 Å². The highest BCUT2D eigenvalue weighted by Crippen LogP contribution is 2.45. The SMILES string of the molecule is CC/C=C\C/C=C\C/C=C\C/C=C\C/C=C\C/C=C\CCCCCCCCC(=O)OC(COC(=O)CCCCCCCCCCCCC/C=C\C/C=C\C/C=C\C/C=C\CCCCC)COP(=O)(O)OCC(O)COP(=O)(O)OCC(O)COC(=O)CCCCCCCCCCCCCCCCCCC/C=C\C/C=C\C/C=C\C/C=C\CCCCC. The van der Waals surface area contributed by atoms with Crippen molar-refractivity contribution in [3.63, 3.8) is 0 Å². The summed E-state index contributed by atoms with van der Waals surface area (Å²) in [5.41, 5.74) is 0. The largest absolute Gasteiger partial charge is 0.472 e. The monoisotopic (exact) mass is 1730 g/mol. The zero-order valence-corrected chi connectivity index (χ0v) is 78.4. The minimum absolute atomic E-state index is 0.0817. The second-order valence-electron chi connectivity index (χ2n) is 32.1. The predicted molar refractivity (Wildman–Crippen MR) is 509 cm³/mol. The van der Waals surface area contributed by atoms with Crippen LogP contribution in [0.25, 0.3) is 0 Å². The molecule has 0 aliphatic heterocycles. The number of hydrogen-bond donors (Lipinski definition) is 4. The molecule has 0 amide bonds. The lowest BCUT2D eigenvalue weighted by molar-refractivity contribution is -0.161. The number of unbranched alkanes of at least 4 members (excludes halogenated alkanes) is 40. The van der Waals surface area contributed by atoms with Crippen LogP contribution >= 0.6 is 15.6 Å². The van der Waals surface area contributed by atoms with E-state index in [0.29, 0.717) is 19.3 Å². The zero-order chi connectivity index (χ0) is 87.9. The fraction of sp³-hybridized carbons (Fsp3) is 0.699. The maximum absolute atomic E-state index is 13.1. The molecule has 0 rings (SSSR count). The average molecular weight is 1730 g/mol. The molecule has 5 unspecified atom stereocenters. The van der Waals surface area contributed by atoms with E-state index in [2.05, 4.69) is 191 Å². The Balaban J connectivity index is 4.61. The zero-order valence-electron chi connectivity index (χ0n) is 76.6. The Labute approximate surface area is 739 Å². The molecule has 0 heterocycles. The standard InChI is InChI=1S/C103H176O16P2/c1-4-7-10-13-16-19-22-25-28-31-34-37-40-43-45-46-47-48-49-50-52-55-56-59-62-65-68-71-74-77-80-83-86-89-101(106)113-92-98(104)93-115-120(109,110)116-94-99(105)95-117-121(111,112)118-97-100(119-103(108)91-88-85-82-79-76-73-70-67-64-61-58-53-42-39-36-33-30-27-24-21-18-15-12-9-6-3)96-114-102(107)90-87-84-81-78-75-72-69-66-63-60-57-54-51-44-41-38-35-32-29-26-23-20-17-14-11-8-5-2/h9,12,16-21,25-30,34-39,43-45,51,53,58,64,67,98-100,104-105H,4-8,10-11,13-15,22-24,31-33,40-42,46-50,52,54-57,59-63,65-66,68-97H2,1-3H3,(H,109,110)(H,111,112)/b12-9-,19-16-,20-17-,21-18-,28-25-,29-26-,30-27-,37-34-,38-35-,39-36-,45-43-,51-44-,58-53-,67-64-. The van der Waals surface area contributed by atoms with Gasteiger partial charge in [0.2, 0.25) is 0 Å². The topological polar surface area (TPSA) is 231 Å². The normalized spacial score (nSPS) is 14.5. The van der Waals surface area contributed by atoms with E-state index < -0.39 is 91.5 Å². The number of ether oxygens (including phenoxy) is 3. The van der Waals surface area contributed by atoms with Crippen LogP contribution in [0.15, 0.2) is 170 Å². The second-order valence-corrected chi connectivity index (χ2v) is 35.0. The molecule has 4 N–H and O–H groups in total. The maximum atomic E-state index is 13.1. The summed E-state index contributed by atoms with van der Waals surface area (Å²) in [6.45, 7) is 2.54. The van der Waals surface area contributed by atoms with Gasteiger partial charge in [-0.15, -0.1) is 0 Å². The summed E-state index contributed by atoms with van der Waals surface area (Å²) in [6.07, 6.45) is 123. The van der Waals surface area contributed by atoms with Crippen LogP contribution in [0.5, 0.6) is 0 Å². The van der Waals surface area contributed by atoms with Gasteiger partial charge in [-0.2, -0.15) is 0 Å². The average Bonchev–Trinajstić information content (AvgIpc) is 0.889. The van der Waals surface area contributed by atoms with Gasteiger partial charge in [-0.1, -0.05) is 396 Å². The highest BCUT2D eigenvalue weighted by Gasteiger charge is 2.30. The van der Waals surface area contributed by atoms with Crippen LogP contribution in [-0.2, 0) is 55.8 Å². The first-order valence-electron chi connectivity index (χ1n) is 48.4. The molecule has 0 spiro atoms. The molecule has 18 heteroatoms. The lowest BCUT2D eigenvalue weighted by Crippen LogP contribution is -2.30. The maximum Gasteiger partial charge on any atom is 0.472 e. The Morgan fingerprint density at radius 3 is 0.694 bits per heavy atom. The smallest absolute Gasteiger partial charge is 0.463 e. The van der Waals surface area contributed by atoms with Crippen molar-refractivity contribution in [2.24, 2.45) is 0 Å². The molecule has 0 aliphatic rings. The molecular formula is C103H176O16P2. The Morgan fingerprint density at radius 1 is 0.240 bits per heavy atom. The lowest BCUT2D eigenvalue weighted by atomic mass is 10.0. The molecule has 694 valence electrons. The second kappa shape index (κ2) is 94.1. The van der Waals surface area contributed by atoms with Gasteiger partial charge in [-0.3, -0.25) is 32.5 Å². The molecule has 0 aromatic carbocycles. The van der Waals surface area contributed by atoms with Crippen LogP contribution in [0.1, 0.15) is 406 Å². The molecule has 0 fully saturated rings. The molecule has 0 aromatic heterocycles. The third kappa shape index (κ3) is 95.4. The van der Waals surface area contributed by atoms with E-state index >= 15 is 0 Å². The third-order valence-corrected chi connectivity index (χ3v) is 22.3. The highest BCUT2D eigenvalue weighted by atomic mass is 31.2. The van der Waals surface area contributed by atoms with Crippen molar-refractivity contribution in [3.8, 4) is 0 Å². The molecule has 0 radical (unpaired) electrons. The highest BCUT2D eigenvalue weighted by molar-refractivity contribution is 7.47. The van der Waals surface area contributed by atoms with Gasteiger partial charge in [0.25, 0.3) is 0 Å². The van der Waals surface area contributed by atoms with Gasteiger partial charge in [0, 0.05) is 19.3 Å². The van der Waals surface area contributed by atoms with Crippen molar-refractivity contribution < 1.29 is 75.8 Å². The molecule has 5 atom stereocenters. The molecule has 0 saturated heterocycles. The van der Waals surface area contributed by atoms with Crippen molar-refractivity contribution >= 4 is 33.6 Å². The van der Waals surface area contributed by atoms with Crippen LogP contribution in [0.2, 0.25) is 0 Å². The van der Waals surface area contributed by atoms with E-state index in [-0.39, 0.29) is 19.3 Å². The molecule has 0 aliphatic carbocycles. The number of carbonyl (C=O) groups excluding carboxylic acids is 3. The summed E-state index contributed by atoms with van der Waals surface area (Å²) in [7, 11) is -9.82. The van der Waals surface area contributed by atoms with Crippen LogP contribution in [0, 0.1) is 0 Å². The first-order valence-corrected chi connectivity index (χ1v) is 51.4. The minimum Gasteiger partial charge on any atom is -0.463 e. The number of aliphatic hydroxyl groups excluding tert-OH is 2. The van der Waals surface area contributed by atoms with Gasteiger partial charge in [-0.25, -0.2) is 9.13 Å². The Hall–Kier alpha value is -5.09. The number of hydrogen-bond acceptors (Lipinski definition) is 14. The predicted octanol–water partition coefficient (Wildman–Crippen LogP) is 30.2. The summed E-state index contributed by atoms with van der Waals surface area (Å²) in [5, 5.41) is 20.8. The molecular weight excluding hydrogens is 1560 g/mol. The summed E-state index contributed by atoms with van der Waals surface area (Å²) in [4.78, 5) is 59.1. The Morgan fingerprint density at radius 2 is 0.438 bits per heavy atom. The summed E-state index contributed by atoms with van der Waals surface area (Å²) < 4.78 is 61.6. The Bertz CT molecular complexity index is 2880. The fourth-order valence-corrected chi connectivity index (χ4v) is 14.7. The summed E-state index contributed by atoms with van der Waals surface area (Å²) in [6, 6.07) is 0. The van der Waals surface area contributed by atoms with Crippen molar-refractivity contribution in [1.29, 1.82) is 0 Å². The van der Waals surface area contributed by atoms with Gasteiger partial charge in [-0.05, 0) is 161 Å². The number of esters is 3. The van der Waals surface area contributed by atoms with E-state index in [1.165, 1.54) is 180 Å². The molecule has 0 aromatic rings. The number of rotatable bonds is 91. The van der Waals surface area contributed by atoms with E-state index in [9.17, 15) is 43.5 Å². The van der Waals surface area contributed by atoms with E-state index in [1.807, 2.05) is 0 Å². The van der Waals surface area contributed by atoms with Gasteiger partial charge >= 0.3 is 33.6 Å². The molecule has 16 nitrogen and oxygen atoms in total. The Kier molecular flexibility index (Phi) is 90.1. The van der Waals surface area contributed by atoms with Crippen LogP contribution in [0.3, 0.4) is 0 Å². The lowest BCUT2D eigenvalue weighted by Gasteiger charge is -2.21. The van der Waals surface area contributed by atoms with E-state index in [4.69, 9.17) is 32.3 Å². The van der Waals surface area contributed by atoms with Crippen LogP contribution in [0.4, 0.5) is 0 Å². The van der Waals surface area contributed by atoms with Crippen molar-refractivity contribution in [3.05, 3.63) is 170 Å². The minimum atomic E-state index is -4.95. The fourth-order valence-electron chi connectivity index (χ4n) is 13.1. The van der Waals surface area contributed by atoms with E-state index in [0.717, 1.165) is 167 Å². The number of carbonyl (C=O) groups is 3. The van der Waals surface area contributed by atoms with Gasteiger partial charge in [0.1, 0.15) is 25.4 Å². The van der Waals surface area contributed by atoms with Gasteiger partial charge < -0.3 is 34.2 Å². The molecule has 0 bridgehead atoms. The molecule has 0 saturated carbocycles. The number of phosphoric ester groups is 2. The van der Waals surface area contributed by atoms with Gasteiger partial charge in [0.05, 0.1) is 26.4 Å². The first-order chi connectivity index (χ1) is 59.2. The first kappa shape index (κ1) is 116. The number of aliphatic hydroxyl groups is 2. The molecule has 121 heavy (non-hydrogen) atoms. The summed E-state index contributed by atoms with van der Waals surface area (Å²) in [5.74, 6) is -1.59. The van der Waals surface area contributed by atoms with Crippen LogP contribution in [-0.4, -0.2) is 95.9 Å². The van der Waals surface area contributed by atoms with Crippen molar-refractivity contribution in [2.45, 2.75) is 424 Å². The number of allylic oxidation sites excluding steroid dienone is 28. The van der Waals surface area contributed by atoms with Crippen molar-refractivity contribution in [2.75, 3.05) is 39.6 Å².